The van der Waals surface area contributed by atoms with Crippen molar-refractivity contribution in [2.75, 3.05) is 24.2 Å². The minimum Gasteiger partial charge on any atom is -0.351 e. The molecular weight excluding hydrogens is 366 g/mol. The quantitative estimate of drug-likeness (QED) is 0.838. The Kier molecular flexibility index (Phi) is 5.31. The van der Waals surface area contributed by atoms with E-state index in [1.165, 1.54) is 4.90 Å². The van der Waals surface area contributed by atoms with Crippen LogP contribution in [0.15, 0.2) is 24.3 Å². The maximum atomic E-state index is 13.3. The van der Waals surface area contributed by atoms with Gasteiger partial charge in [0.25, 0.3) is 0 Å². The van der Waals surface area contributed by atoms with Gasteiger partial charge >= 0.3 is 0 Å². The number of sulfonamides is 1. The van der Waals surface area contributed by atoms with Crippen LogP contribution in [0.5, 0.6) is 0 Å². The molecule has 1 aliphatic carbocycles. The van der Waals surface area contributed by atoms with Gasteiger partial charge in [-0.05, 0) is 38.3 Å². The van der Waals surface area contributed by atoms with Gasteiger partial charge in [0, 0.05) is 18.3 Å². The number of piperazine rings is 1. The third-order valence-corrected chi connectivity index (χ3v) is 6.74. The lowest BCUT2D eigenvalue weighted by Crippen LogP contribution is -2.70. The summed E-state index contributed by atoms with van der Waals surface area (Å²) in [5.41, 5.74) is 0.186. The summed E-state index contributed by atoms with van der Waals surface area (Å²) in [5.74, 6) is -0.704. The first-order valence-corrected chi connectivity index (χ1v) is 11.1. The molecule has 8 heteroatoms. The van der Waals surface area contributed by atoms with E-state index in [2.05, 4.69) is 5.32 Å². The van der Waals surface area contributed by atoms with Crippen molar-refractivity contribution in [1.82, 2.24) is 9.62 Å². The second-order valence-electron chi connectivity index (χ2n) is 7.78. The molecule has 0 spiro atoms. The van der Waals surface area contributed by atoms with E-state index >= 15 is 0 Å². The lowest BCUT2D eigenvalue weighted by atomic mass is 9.93. The van der Waals surface area contributed by atoms with E-state index in [0.717, 1.165) is 41.8 Å². The Morgan fingerprint density at radius 1 is 1.22 bits per heavy atom. The smallest absolute Gasteiger partial charge is 0.247 e. The predicted molar refractivity (Wildman–Crippen MR) is 104 cm³/mol. The van der Waals surface area contributed by atoms with Crippen molar-refractivity contribution in [1.29, 1.82) is 0 Å². The summed E-state index contributed by atoms with van der Waals surface area (Å²) in [6.07, 6.45) is 5.03. The van der Waals surface area contributed by atoms with Crippen LogP contribution in [-0.2, 0) is 19.6 Å². The number of para-hydroxylation sites is 1. The number of carbonyl (C=O) groups excluding carboxylic acids is 2. The molecule has 1 heterocycles. The van der Waals surface area contributed by atoms with Gasteiger partial charge in [-0.3, -0.25) is 14.5 Å². The van der Waals surface area contributed by atoms with Crippen molar-refractivity contribution in [3.63, 3.8) is 0 Å². The molecule has 1 atom stereocenters. The molecule has 3 rings (SSSR count). The van der Waals surface area contributed by atoms with E-state index in [1.807, 2.05) is 25.1 Å². The molecule has 148 valence electrons. The summed E-state index contributed by atoms with van der Waals surface area (Å²) in [4.78, 5) is 27.7. The Hall–Kier alpha value is -1.93. The topological polar surface area (TPSA) is 86.8 Å². The molecule has 0 aromatic heterocycles. The van der Waals surface area contributed by atoms with Crippen molar-refractivity contribution < 1.29 is 18.0 Å². The molecular formula is C19H27N3O4S. The summed E-state index contributed by atoms with van der Waals surface area (Å²) in [7, 11) is -3.60. The standard InChI is InChI=1S/C19H27N3O4S/c1-14-8-4-7-11-16(14)22-17(23)12-21(27(3,25)26)13-19(22,2)18(24)20-15-9-5-6-10-15/h4,7-8,11,15H,5-6,9-10,12-13H2,1-3H3,(H,20,24)/t19-/m1/s1. The Bertz CT molecular complexity index is 848. The molecule has 1 saturated carbocycles. The number of nitrogens with one attached hydrogen (secondary N) is 1. The number of rotatable bonds is 4. The molecule has 0 bridgehead atoms. The molecule has 1 aromatic carbocycles. The monoisotopic (exact) mass is 393 g/mol. The fourth-order valence-electron chi connectivity index (χ4n) is 4.00. The zero-order valence-corrected chi connectivity index (χ0v) is 16.9. The zero-order valence-electron chi connectivity index (χ0n) is 16.1. The fraction of sp³-hybridized carbons (Fsp3) is 0.579. The van der Waals surface area contributed by atoms with E-state index in [-0.39, 0.29) is 25.0 Å². The molecule has 0 unspecified atom stereocenters. The van der Waals surface area contributed by atoms with Crippen molar-refractivity contribution in [2.24, 2.45) is 0 Å². The van der Waals surface area contributed by atoms with Crippen LogP contribution in [0.3, 0.4) is 0 Å². The minimum atomic E-state index is -3.60. The molecule has 2 aliphatic rings. The van der Waals surface area contributed by atoms with Crippen LogP contribution in [0, 0.1) is 6.92 Å². The fourth-order valence-corrected chi connectivity index (χ4v) is 4.83. The highest BCUT2D eigenvalue weighted by molar-refractivity contribution is 7.88. The summed E-state index contributed by atoms with van der Waals surface area (Å²) in [6.45, 7) is 3.20. The minimum absolute atomic E-state index is 0.0650. The number of carbonyl (C=O) groups is 2. The Labute approximate surface area is 160 Å². The van der Waals surface area contributed by atoms with Gasteiger partial charge in [-0.25, -0.2) is 8.42 Å². The molecule has 1 aliphatic heterocycles. The van der Waals surface area contributed by atoms with Gasteiger partial charge in [0.05, 0.1) is 12.8 Å². The van der Waals surface area contributed by atoms with Crippen LogP contribution in [0.4, 0.5) is 5.69 Å². The van der Waals surface area contributed by atoms with Gasteiger partial charge in [0.2, 0.25) is 21.8 Å². The van der Waals surface area contributed by atoms with Crippen LogP contribution in [0.1, 0.15) is 38.2 Å². The van der Waals surface area contributed by atoms with Gasteiger partial charge in [-0.15, -0.1) is 0 Å². The average molecular weight is 394 g/mol. The number of nitrogens with zero attached hydrogens (tertiary/aromatic N) is 2. The highest BCUT2D eigenvalue weighted by Crippen LogP contribution is 2.33. The van der Waals surface area contributed by atoms with Gasteiger partial charge in [0.15, 0.2) is 0 Å². The molecule has 27 heavy (non-hydrogen) atoms. The molecule has 0 radical (unpaired) electrons. The first kappa shape index (κ1) is 19.8. The number of anilines is 1. The molecule has 7 nitrogen and oxygen atoms in total. The van der Waals surface area contributed by atoms with Crippen molar-refractivity contribution in [3.8, 4) is 0 Å². The lowest BCUT2D eigenvalue weighted by Gasteiger charge is -2.47. The average Bonchev–Trinajstić information content (AvgIpc) is 3.08. The first-order chi connectivity index (χ1) is 12.6. The number of benzene rings is 1. The van der Waals surface area contributed by atoms with Crippen LogP contribution in [-0.4, -0.2) is 55.5 Å². The van der Waals surface area contributed by atoms with Crippen LogP contribution in [0.25, 0.3) is 0 Å². The molecule has 2 fully saturated rings. The van der Waals surface area contributed by atoms with Crippen molar-refractivity contribution >= 4 is 27.5 Å². The number of aryl methyl sites for hydroxylation is 1. The van der Waals surface area contributed by atoms with Crippen molar-refractivity contribution in [3.05, 3.63) is 29.8 Å². The third-order valence-electron chi connectivity index (χ3n) is 5.54. The highest BCUT2D eigenvalue weighted by atomic mass is 32.2. The molecule has 1 N–H and O–H groups in total. The second kappa shape index (κ2) is 7.24. The number of hydrogen-bond donors (Lipinski definition) is 1. The summed E-state index contributed by atoms with van der Waals surface area (Å²) in [6, 6.07) is 7.43. The van der Waals surface area contributed by atoms with Gasteiger partial charge in [-0.2, -0.15) is 4.31 Å². The van der Waals surface area contributed by atoms with E-state index in [0.29, 0.717) is 5.69 Å². The normalized spacial score (nSPS) is 25.0. The molecule has 1 aromatic rings. The Morgan fingerprint density at radius 2 is 1.85 bits per heavy atom. The first-order valence-electron chi connectivity index (χ1n) is 9.28. The molecule has 1 saturated heterocycles. The maximum absolute atomic E-state index is 13.3. The van der Waals surface area contributed by atoms with Gasteiger partial charge in [0.1, 0.15) is 5.54 Å². The lowest BCUT2D eigenvalue weighted by molar-refractivity contribution is -0.133. The van der Waals surface area contributed by atoms with Crippen LogP contribution >= 0.6 is 0 Å². The summed E-state index contributed by atoms with van der Waals surface area (Å²) < 4.78 is 25.3. The Balaban J connectivity index is 2.02. The summed E-state index contributed by atoms with van der Waals surface area (Å²) >= 11 is 0. The van der Waals surface area contributed by atoms with E-state index in [1.54, 1.807) is 13.0 Å². The second-order valence-corrected chi connectivity index (χ2v) is 9.76. The zero-order chi connectivity index (χ0) is 19.8. The van der Waals surface area contributed by atoms with Gasteiger partial charge in [-0.1, -0.05) is 31.0 Å². The highest BCUT2D eigenvalue weighted by Gasteiger charge is 2.50. The summed E-state index contributed by atoms with van der Waals surface area (Å²) in [5, 5.41) is 3.05. The maximum Gasteiger partial charge on any atom is 0.247 e. The van der Waals surface area contributed by atoms with Crippen LogP contribution in [0.2, 0.25) is 0 Å². The Morgan fingerprint density at radius 3 is 2.44 bits per heavy atom. The van der Waals surface area contributed by atoms with Crippen LogP contribution < -0.4 is 10.2 Å². The van der Waals surface area contributed by atoms with Crippen molar-refractivity contribution in [2.45, 2.75) is 51.1 Å². The van der Waals surface area contributed by atoms with E-state index in [4.69, 9.17) is 0 Å². The van der Waals surface area contributed by atoms with Gasteiger partial charge < -0.3 is 5.32 Å². The number of amides is 2. The largest absolute Gasteiger partial charge is 0.351 e. The van der Waals surface area contributed by atoms with E-state index < -0.39 is 21.5 Å². The third kappa shape index (κ3) is 3.87. The molecule has 2 amide bonds. The SMILES string of the molecule is Cc1ccccc1N1C(=O)CN(S(C)(=O)=O)C[C@]1(C)C(=O)NC1CCCC1. The number of hydrogen-bond acceptors (Lipinski definition) is 4. The van der Waals surface area contributed by atoms with E-state index in [9.17, 15) is 18.0 Å². The predicted octanol–water partition coefficient (Wildman–Crippen LogP) is 1.42.